The van der Waals surface area contributed by atoms with Crippen LogP contribution in [0.5, 0.6) is 5.75 Å². The molecule has 0 aromatic heterocycles. The van der Waals surface area contributed by atoms with Gasteiger partial charge in [-0.2, -0.15) is 0 Å². The Labute approximate surface area is 110 Å². The number of ether oxygens (including phenoxy) is 1. The van der Waals surface area contributed by atoms with Crippen molar-refractivity contribution in [2.24, 2.45) is 0 Å². The molecule has 2 atom stereocenters. The van der Waals surface area contributed by atoms with Crippen LogP contribution in [0.4, 0.5) is 0 Å². The lowest BCUT2D eigenvalue weighted by molar-refractivity contribution is -0.144. The summed E-state index contributed by atoms with van der Waals surface area (Å²) in [6, 6.07) is 3.94. The van der Waals surface area contributed by atoms with E-state index in [1.165, 1.54) is 32.2 Å². The number of rotatable bonds is 5. The van der Waals surface area contributed by atoms with Gasteiger partial charge in [0, 0.05) is 0 Å². The van der Waals surface area contributed by atoms with Crippen molar-refractivity contribution >= 4 is 11.8 Å². The molecule has 1 rings (SSSR count). The number of Topliss-reactive ketones (excluding diaryl/α,β-unsaturated/α-hetero) is 1. The number of carbonyl (C=O) groups is 2. The van der Waals surface area contributed by atoms with Gasteiger partial charge in [-0.05, 0) is 24.6 Å². The van der Waals surface area contributed by atoms with Gasteiger partial charge >= 0.3 is 5.97 Å². The van der Waals surface area contributed by atoms with Crippen LogP contribution in [-0.2, 0) is 9.53 Å². The van der Waals surface area contributed by atoms with E-state index >= 15 is 0 Å². The Morgan fingerprint density at radius 1 is 1.32 bits per heavy atom. The van der Waals surface area contributed by atoms with E-state index in [1.54, 1.807) is 0 Å². The van der Waals surface area contributed by atoms with Gasteiger partial charge in [-0.1, -0.05) is 6.07 Å². The highest BCUT2D eigenvalue weighted by atomic mass is 16.5. The molecule has 1 aromatic rings. The molecule has 0 aliphatic heterocycles. The maximum absolute atomic E-state index is 11.1. The zero-order valence-electron chi connectivity index (χ0n) is 10.7. The van der Waals surface area contributed by atoms with Crippen molar-refractivity contribution in [2.45, 2.75) is 25.6 Å². The zero-order chi connectivity index (χ0) is 14.6. The first kappa shape index (κ1) is 15.1. The molecule has 6 nitrogen and oxygen atoms in total. The van der Waals surface area contributed by atoms with Crippen molar-refractivity contribution in [3.05, 3.63) is 29.3 Å². The summed E-state index contributed by atoms with van der Waals surface area (Å²) in [5.74, 6) is -1.25. The fourth-order valence-corrected chi connectivity index (χ4v) is 1.62. The minimum absolute atomic E-state index is 0.124. The third-order valence-electron chi connectivity index (χ3n) is 2.71. The Bertz CT molecular complexity index is 482. The molecule has 2 unspecified atom stereocenters. The molecular weight excluding hydrogens is 252 g/mol. The highest BCUT2D eigenvalue weighted by Gasteiger charge is 2.22. The fourth-order valence-electron chi connectivity index (χ4n) is 1.62. The quantitative estimate of drug-likeness (QED) is 0.532. The number of ketones is 1. The summed E-state index contributed by atoms with van der Waals surface area (Å²) in [6.45, 7) is 1.30. The summed E-state index contributed by atoms with van der Waals surface area (Å²) < 4.78 is 4.38. The molecule has 0 spiro atoms. The topological polar surface area (TPSA) is 104 Å². The van der Waals surface area contributed by atoms with Gasteiger partial charge < -0.3 is 20.1 Å². The minimum atomic E-state index is -1.36. The molecule has 0 radical (unpaired) electrons. The molecule has 0 aliphatic rings. The number of phenols is 1. The summed E-state index contributed by atoms with van der Waals surface area (Å²) >= 11 is 0. The van der Waals surface area contributed by atoms with Gasteiger partial charge in [0.15, 0.2) is 5.78 Å². The Balaban J connectivity index is 2.88. The van der Waals surface area contributed by atoms with Gasteiger partial charge in [-0.25, -0.2) is 0 Å². The molecule has 0 amide bonds. The lowest BCUT2D eigenvalue weighted by Gasteiger charge is -2.17. The second-order valence-electron chi connectivity index (χ2n) is 4.13. The van der Waals surface area contributed by atoms with Gasteiger partial charge in [-0.15, -0.1) is 0 Å². The number of methoxy groups -OCH3 is 1. The third kappa shape index (κ3) is 3.77. The molecule has 0 heterocycles. The molecule has 0 saturated heterocycles. The molecule has 0 fully saturated rings. The monoisotopic (exact) mass is 268 g/mol. The van der Waals surface area contributed by atoms with E-state index in [0.717, 1.165) is 0 Å². The van der Waals surface area contributed by atoms with Crippen LogP contribution in [0.2, 0.25) is 0 Å². The van der Waals surface area contributed by atoms with Crippen molar-refractivity contribution in [1.29, 1.82) is 0 Å². The van der Waals surface area contributed by atoms with E-state index in [-0.39, 0.29) is 29.1 Å². The van der Waals surface area contributed by atoms with E-state index in [0.29, 0.717) is 0 Å². The van der Waals surface area contributed by atoms with Crippen molar-refractivity contribution in [2.75, 3.05) is 7.11 Å². The predicted octanol–water partition coefficient (Wildman–Crippen LogP) is 0.552. The first-order valence-corrected chi connectivity index (χ1v) is 5.63. The van der Waals surface area contributed by atoms with Gasteiger partial charge in [0.2, 0.25) is 0 Å². The minimum Gasteiger partial charge on any atom is -0.507 e. The van der Waals surface area contributed by atoms with Gasteiger partial charge in [-0.3, -0.25) is 9.59 Å². The molecule has 6 heteroatoms. The van der Waals surface area contributed by atoms with Crippen molar-refractivity contribution in [1.82, 2.24) is 0 Å². The smallest absolute Gasteiger partial charge is 0.308 e. The van der Waals surface area contributed by atoms with Crippen LogP contribution < -0.4 is 0 Å². The predicted molar refractivity (Wildman–Crippen MR) is 65.7 cm³/mol. The van der Waals surface area contributed by atoms with Crippen LogP contribution in [0.3, 0.4) is 0 Å². The summed E-state index contributed by atoms with van der Waals surface area (Å²) in [7, 11) is 1.18. The van der Waals surface area contributed by atoms with Crippen LogP contribution >= 0.6 is 0 Å². The molecule has 19 heavy (non-hydrogen) atoms. The van der Waals surface area contributed by atoms with Crippen LogP contribution in [0.1, 0.15) is 35.4 Å². The van der Waals surface area contributed by atoms with Crippen molar-refractivity contribution < 1.29 is 29.6 Å². The van der Waals surface area contributed by atoms with Gasteiger partial charge in [0.1, 0.15) is 11.9 Å². The van der Waals surface area contributed by atoms with Crippen LogP contribution in [0.15, 0.2) is 18.2 Å². The highest BCUT2D eigenvalue weighted by Crippen LogP contribution is 2.26. The second kappa shape index (κ2) is 6.31. The largest absolute Gasteiger partial charge is 0.507 e. The lowest BCUT2D eigenvalue weighted by atomic mass is 9.99. The van der Waals surface area contributed by atoms with Crippen LogP contribution in [0, 0.1) is 0 Å². The maximum atomic E-state index is 11.1. The van der Waals surface area contributed by atoms with E-state index in [4.69, 9.17) is 0 Å². The number of benzene rings is 1. The Morgan fingerprint density at radius 2 is 1.95 bits per heavy atom. The van der Waals surface area contributed by atoms with Crippen LogP contribution in [0.25, 0.3) is 0 Å². The lowest BCUT2D eigenvalue weighted by Crippen LogP contribution is -2.22. The molecule has 3 N–H and O–H groups in total. The van der Waals surface area contributed by atoms with E-state index in [9.17, 15) is 24.9 Å². The van der Waals surface area contributed by atoms with Crippen molar-refractivity contribution in [3.63, 3.8) is 0 Å². The molecule has 0 aliphatic carbocycles. The summed E-state index contributed by atoms with van der Waals surface area (Å²) in [5.41, 5.74) is 0.331. The number of phenolic OH excluding ortho intramolecular Hbond substituents is 1. The SMILES string of the molecule is COC(=O)CC(O)C(O)c1ccc(C(C)=O)c(O)c1. The molecular formula is C13H16O6. The zero-order valence-corrected chi connectivity index (χ0v) is 10.7. The fraction of sp³-hybridized carbons (Fsp3) is 0.385. The van der Waals surface area contributed by atoms with Gasteiger partial charge in [0.05, 0.1) is 25.2 Å². The number of esters is 1. The average molecular weight is 268 g/mol. The van der Waals surface area contributed by atoms with Crippen molar-refractivity contribution in [3.8, 4) is 5.75 Å². The highest BCUT2D eigenvalue weighted by molar-refractivity contribution is 5.96. The first-order valence-electron chi connectivity index (χ1n) is 5.63. The number of carbonyl (C=O) groups excluding carboxylic acids is 2. The normalized spacial score (nSPS) is 13.7. The van der Waals surface area contributed by atoms with Gasteiger partial charge in [0.25, 0.3) is 0 Å². The molecule has 1 aromatic carbocycles. The Kier molecular flexibility index (Phi) is 5.02. The number of aliphatic hydroxyl groups is 2. The standard InChI is InChI=1S/C13H16O6/c1-7(14)9-4-3-8(5-10(9)15)13(18)11(16)6-12(17)19-2/h3-5,11,13,15-16,18H,6H2,1-2H3. The first-order chi connectivity index (χ1) is 8.86. The Morgan fingerprint density at radius 3 is 2.42 bits per heavy atom. The summed E-state index contributed by atoms with van der Waals surface area (Å²) in [4.78, 5) is 22.1. The number of aliphatic hydroxyl groups excluding tert-OH is 2. The molecule has 104 valence electrons. The molecule has 0 saturated carbocycles. The Hall–Kier alpha value is -1.92. The van der Waals surface area contributed by atoms with E-state index in [1.807, 2.05) is 0 Å². The molecule has 0 bridgehead atoms. The average Bonchev–Trinajstić information content (AvgIpc) is 2.36. The third-order valence-corrected chi connectivity index (χ3v) is 2.71. The summed E-state index contributed by atoms with van der Waals surface area (Å²) in [6.07, 6.45) is -3.08. The number of hydrogen-bond donors (Lipinski definition) is 3. The van der Waals surface area contributed by atoms with Crippen LogP contribution in [-0.4, -0.2) is 40.3 Å². The maximum Gasteiger partial charge on any atom is 0.308 e. The number of aromatic hydroxyl groups is 1. The van der Waals surface area contributed by atoms with E-state index < -0.39 is 18.2 Å². The van der Waals surface area contributed by atoms with E-state index in [2.05, 4.69) is 4.74 Å². The summed E-state index contributed by atoms with van der Waals surface area (Å²) in [5, 5.41) is 29.1. The second-order valence-corrected chi connectivity index (χ2v) is 4.13. The number of hydrogen-bond acceptors (Lipinski definition) is 6.